The molecule has 0 bridgehead atoms. The number of carbonyl (C=O) groups is 1. The van der Waals surface area contributed by atoms with Crippen molar-refractivity contribution in [1.29, 1.82) is 0 Å². The van der Waals surface area contributed by atoms with Crippen LogP contribution in [0.5, 0.6) is 0 Å². The largest absolute Gasteiger partial charge is 0.324 e. The number of hydrogen-bond donors (Lipinski definition) is 0. The highest BCUT2D eigenvalue weighted by Crippen LogP contribution is 2.26. The molecule has 0 aliphatic heterocycles. The normalized spacial score (nSPS) is 11.4. The van der Waals surface area contributed by atoms with Crippen molar-refractivity contribution >= 4 is 22.5 Å². The molecule has 7 nitrogen and oxygen atoms in total. The maximum atomic E-state index is 13.0. The van der Waals surface area contributed by atoms with Crippen molar-refractivity contribution < 1.29 is 4.79 Å². The zero-order chi connectivity index (χ0) is 19.3. The number of ketones is 1. The molecule has 0 saturated carbocycles. The number of imidazole rings is 1. The van der Waals surface area contributed by atoms with Gasteiger partial charge in [0.05, 0.1) is 28.5 Å². The summed E-state index contributed by atoms with van der Waals surface area (Å²) in [5.74, 6) is 0.0320. The lowest BCUT2D eigenvalue weighted by molar-refractivity contribution is 0.102. The Bertz CT molecular complexity index is 1350. The zero-order valence-corrected chi connectivity index (χ0v) is 15.4. The summed E-state index contributed by atoms with van der Waals surface area (Å²) in [6.45, 7) is 1.92. The van der Waals surface area contributed by atoms with Gasteiger partial charge in [0, 0.05) is 7.05 Å². The van der Waals surface area contributed by atoms with Gasteiger partial charge in [-0.25, -0.2) is 9.50 Å². The van der Waals surface area contributed by atoms with E-state index in [-0.39, 0.29) is 11.5 Å². The highest BCUT2D eigenvalue weighted by atomic mass is 16.1. The fourth-order valence-corrected chi connectivity index (χ4v) is 3.47. The van der Waals surface area contributed by atoms with E-state index in [0.29, 0.717) is 11.5 Å². The number of fused-ring (bicyclic) bond motifs is 2. The minimum atomic E-state index is -0.289. The van der Waals surface area contributed by atoms with Gasteiger partial charge in [0.15, 0.2) is 17.2 Å². The van der Waals surface area contributed by atoms with E-state index in [2.05, 4.69) is 20.3 Å². The molecule has 5 aromatic rings. The summed E-state index contributed by atoms with van der Waals surface area (Å²) in [4.78, 5) is 17.5. The first-order valence-corrected chi connectivity index (χ1v) is 8.88. The Kier molecular flexibility index (Phi) is 3.55. The van der Waals surface area contributed by atoms with E-state index in [9.17, 15) is 4.79 Å². The van der Waals surface area contributed by atoms with Crippen molar-refractivity contribution in [3.05, 3.63) is 78.0 Å². The van der Waals surface area contributed by atoms with Crippen molar-refractivity contribution in [2.45, 2.75) is 6.92 Å². The molecule has 0 saturated heterocycles. The van der Waals surface area contributed by atoms with E-state index in [1.165, 1.54) is 0 Å². The maximum Gasteiger partial charge on any atom is 0.250 e. The molecule has 28 heavy (non-hydrogen) atoms. The second-order valence-corrected chi connectivity index (χ2v) is 6.62. The van der Waals surface area contributed by atoms with Crippen LogP contribution < -0.4 is 0 Å². The molecule has 5 rings (SSSR count). The van der Waals surface area contributed by atoms with E-state index in [1.54, 1.807) is 15.3 Å². The molecule has 7 heteroatoms. The van der Waals surface area contributed by atoms with Crippen molar-refractivity contribution in [1.82, 2.24) is 29.4 Å². The van der Waals surface area contributed by atoms with Gasteiger partial charge in [0.2, 0.25) is 5.78 Å². The molecule has 3 heterocycles. The van der Waals surface area contributed by atoms with Gasteiger partial charge in [0.25, 0.3) is 0 Å². The van der Waals surface area contributed by atoms with Crippen molar-refractivity contribution in [3.63, 3.8) is 0 Å². The molecule has 0 aliphatic carbocycles. The van der Waals surface area contributed by atoms with Gasteiger partial charge in [-0.2, -0.15) is 5.10 Å². The fraction of sp³-hybridized carbons (Fsp3) is 0.0952. The second kappa shape index (κ2) is 6.09. The van der Waals surface area contributed by atoms with Crippen LogP contribution in [-0.4, -0.2) is 35.1 Å². The Balaban J connectivity index is 1.62. The van der Waals surface area contributed by atoms with Gasteiger partial charge >= 0.3 is 0 Å². The molecule has 0 aliphatic rings. The molecule has 2 aromatic carbocycles. The smallest absolute Gasteiger partial charge is 0.250 e. The van der Waals surface area contributed by atoms with Gasteiger partial charge < -0.3 is 4.57 Å². The van der Waals surface area contributed by atoms with Crippen LogP contribution in [0.1, 0.15) is 22.0 Å². The Hall–Kier alpha value is -3.87. The number of aromatic nitrogens is 6. The summed E-state index contributed by atoms with van der Waals surface area (Å²) >= 11 is 0. The number of aryl methyl sites for hydroxylation is 2. The predicted molar refractivity (Wildman–Crippen MR) is 105 cm³/mol. The molecular formula is C21H16N6O. The van der Waals surface area contributed by atoms with Crippen molar-refractivity contribution in [3.8, 4) is 11.1 Å². The standard InChI is InChI=1S/C21H16N6O/c1-13-18(14-8-4-3-5-9-14)20-24-23-16(12-27(20)25-13)19(28)21-22-15-10-6-7-11-17(15)26(21)2/h3-12H,1-2H3. The van der Waals surface area contributed by atoms with E-state index in [0.717, 1.165) is 27.9 Å². The first-order chi connectivity index (χ1) is 13.6. The molecule has 136 valence electrons. The first-order valence-electron chi connectivity index (χ1n) is 8.88. The lowest BCUT2D eigenvalue weighted by Gasteiger charge is -2.02. The van der Waals surface area contributed by atoms with Crippen LogP contribution in [0.15, 0.2) is 60.8 Å². The third-order valence-corrected chi connectivity index (χ3v) is 4.84. The van der Waals surface area contributed by atoms with Crippen molar-refractivity contribution in [2.24, 2.45) is 7.05 Å². The number of carbonyl (C=O) groups excluding carboxylic acids is 1. The van der Waals surface area contributed by atoms with Crippen LogP contribution in [0.25, 0.3) is 27.8 Å². The van der Waals surface area contributed by atoms with Gasteiger partial charge in [-0.05, 0) is 24.6 Å². The van der Waals surface area contributed by atoms with E-state index >= 15 is 0 Å². The molecular weight excluding hydrogens is 352 g/mol. The summed E-state index contributed by atoms with van der Waals surface area (Å²) in [7, 11) is 1.82. The zero-order valence-electron chi connectivity index (χ0n) is 15.4. The molecule has 0 spiro atoms. The highest BCUT2D eigenvalue weighted by Gasteiger charge is 2.21. The first kappa shape index (κ1) is 16.3. The van der Waals surface area contributed by atoms with Crippen LogP contribution in [0.3, 0.4) is 0 Å². The summed E-state index contributed by atoms with van der Waals surface area (Å²) in [6, 6.07) is 17.5. The minimum Gasteiger partial charge on any atom is -0.324 e. The minimum absolute atomic E-state index is 0.202. The average molecular weight is 368 g/mol. The summed E-state index contributed by atoms with van der Waals surface area (Å²) in [5, 5.41) is 13.0. The summed E-state index contributed by atoms with van der Waals surface area (Å²) in [6.07, 6.45) is 1.61. The molecule has 0 N–H and O–H groups in total. The molecule has 0 radical (unpaired) electrons. The number of rotatable bonds is 3. The lowest BCUT2D eigenvalue weighted by atomic mass is 10.1. The summed E-state index contributed by atoms with van der Waals surface area (Å²) in [5.41, 5.74) is 5.23. The van der Waals surface area contributed by atoms with Crippen LogP contribution in [0, 0.1) is 6.92 Å². The number of para-hydroxylation sites is 2. The maximum absolute atomic E-state index is 13.0. The van der Waals surface area contributed by atoms with E-state index in [4.69, 9.17) is 0 Å². The van der Waals surface area contributed by atoms with Crippen LogP contribution in [-0.2, 0) is 7.05 Å². The number of benzene rings is 2. The predicted octanol–water partition coefficient (Wildman–Crippen LogP) is 3.22. The van der Waals surface area contributed by atoms with Crippen LogP contribution in [0.2, 0.25) is 0 Å². The molecule has 0 atom stereocenters. The Morgan fingerprint density at radius 2 is 1.71 bits per heavy atom. The molecule has 0 fully saturated rings. The van der Waals surface area contributed by atoms with Gasteiger partial charge in [-0.3, -0.25) is 4.79 Å². The monoisotopic (exact) mass is 368 g/mol. The molecule has 0 unspecified atom stereocenters. The van der Waals surface area contributed by atoms with E-state index in [1.807, 2.05) is 68.6 Å². The fourth-order valence-electron chi connectivity index (χ4n) is 3.47. The Morgan fingerprint density at radius 3 is 2.50 bits per heavy atom. The van der Waals surface area contributed by atoms with Gasteiger partial charge in [0.1, 0.15) is 0 Å². The number of hydrogen-bond acceptors (Lipinski definition) is 5. The Morgan fingerprint density at radius 1 is 0.964 bits per heavy atom. The summed E-state index contributed by atoms with van der Waals surface area (Å²) < 4.78 is 3.38. The average Bonchev–Trinajstić information content (AvgIpc) is 3.24. The van der Waals surface area contributed by atoms with Crippen LogP contribution >= 0.6 is 0 Å². The van der Waals surface area contributed by atoms with Crippen LogP contribution in [0.4, 0.5) is 0 Å². The second-order valence-electron chi connectivity index (χ2n) is 6.62. The lowest BCUT2D eigenvalue weighted by Crippen LogP contribution is -2.13. The topological polar surface area (TPSA) is 78.0 Å². The third-order valence-electron chi connectivity index (χ3n) is 4.84. The van der Waals surface area contributed by atoms with Gasteiger partial charge in [-0.15, -0.1) is 10.2 Å². The molecule has 3 aromatic heterocycles. The van der Waals surface area contributed by atoms with Gasteiger partial charge in [-0.1, -0.05) is 42.5 Å². The van der Waals surface area contributed by atoms with E-state index < -0.39 is 0 Å². The Labute approximate surface area is 160 Å². The third kappa shape index (κ3) is 2.40. The highest BCUT2D eigenvalue weighted by molar-refractivity contribution is 6.06. The number of nitrogens with zero attached hydrogens (tertiary/aromatic N) is 6. The molecule has 0 amide bonds. The SMILES string of the molecule is Cc1nn2cc(C(=O)c3nc4ccccc4n3C)nnc2c1-c1ccccc1. The van der Waals surface area contributed by atoms with Crippen molar-refractivity contribution in [2.75, 3.05) is 0 Å². The quantitative estimate of drug-likeness (QED) is 0.457.